The Labute approximate surface area is 143 Å². The molecule has 25 heavy (non-hydrogen) atoms. The molecule has 3 aromatic heterocycles. The molecule has 1 saturated heterocycles. The zero-order chi connectivity index (χ0) is 17.6. The van der Waals surface area contributed by atoms with Gasteiger partial charge in [-0.1, -0.05) is 6.92 Å². The predicted octanol–water partition coefficient (Wildman–Crippen LogP) is 0.972. The molecule has 0 aliphatic carbocycles. The number of aromatic nitrogens is 3. The Kier molecular flexibility index (Phi) is 3.84. The molecule has 3 aromatic rings. The summed E-state index contributed by atoms with van der Waals surface area (Å²) in [6.45, 7) is 5.94. The first-order valence-corrected chi connectivity index (χ1v) is 8.45. The van der Waals surface area contributed by atoms with Gasteiger partial charge in [-0.3, -0.25) is 14.0 Å². The summed E-state index contributed by atoms with van der Waals surface area (Å²) in [5.41, 5.74) is 1.68. The van der Waals surface area contributed by atoms with E-state index in [1.54, 1.807) is 11.0 Å². The van der Waals surface area contributed by atoms with Crippen LogP contribution in [0.2, 0.25) is 0 Å². The second-order valence-corrected chi connectivity index (χ2v) is 6.20. The van der Waals surface area contributed by atoms with Gasteiger partial charge in [0.05, 0.1) is 18.7 Å². The molecule has 4 rings (SSSR count). The molecule has 1 aliphatic heterocycles. The summed E-state index contributed by atoms with van der Waals surface area (Å²) in [5, 5.41) is 4.43. The van der Waals surface area contributed by atoms with Gasteiger partial charge in [0.1, 0.15) is 23.6 Å². The Bertz CT molecular complexity index is 1010. The van der Waals surface area contributed by atoms with Crippen molar-refractivity contribution in [1.82, 2.24) is 19.1 Å². The van der Waals surface area contributed by atoms with Crippen LogP contribution in [0.1, 0.15) is 18.5 Å². The normalized spacial score (nSPS) is 15.4. The zero-order valence-electron chi connectivity index (χ0n) is 14.3. The third-order valence-corrected chi connectivity index (χ3v) is 4.53. The molecule has 0 bridgehead atoms. The van der Waals surface area contributed by atoms with Crippen molar-refractivity contribution in [3.63, 3.8) is 0 Å². The molecule has 0 spiro atoms. The number of carbonyl (C=O) groups is 1. The van der Waals surface area contributed by atoms with E-state index in [4.69, 9.17) is 9.15 Å². The monoisotopic (exact) mass is 344 g/mol. The first kappa shape index (κ1) is 15.9. The van der Waals surface area contributed by atoms with Crippen molar-refractivity contribution in [1.29, 1.82) is 0 Å². The summed E-state index contributed by atoms with van der Waals surface area (Å²) in [6, 6.07) is 3.62. The largest absolute Gasteiger partial charge is 0.460 e. The Balaban J connectivity index is 1.78. The molecule has 4 heterocycles. The summed E-state index contributed by atoms with van der Waals surface area (Å²) < 4.78 is 14.0. The Morgan fingerprint density at radius 1 is 1.24 bits per heavy atom. The number of furan rings is 1. The molecule has 1 aliphatic rings. The van der Waals surface area contributed by atoms with Gasteiger partial charge in [-0.05, 0) is 6.92 Å². The van der Waals surface area contributed by atoms with Gasteiger partial charge in [0.15, 0.2) is 5.58 Å². The van der Waals surface area contributed by atoms with Crippen molar-refractivity contribution in [2.75, 3.05) is 26.3 Å². The molecular formula is C17H20N4O4. The van der Waals surface area contributed by atoms with E-state index in [9.17, 15) is 9.59 Å². The van der Waals surface area contributed by atoms with Gasteiger partial charge in [-0.15, -0.1) is 0 Å². The molecular weight excluding hydrogens is 324 g/mol. The quantitative estimate of drug-likeness (QED) is 0.707. The first-order valence-electron chi connectivity index (χ1n) is 8.45. The lowest BCUT2D eigenvalue weighted by Gasteiger charge is -2.26. The topological polar surface area (TPSA) is 82.0 Å². The highest BCUT2D eigenvalue weighted by molar-refractivity contribution is 5.83. The SMILES string of the molecule is CCc1nn(CC(=O)N2CCOCC2)c(=O)c2cc3oc(C)cc3n12. The molecule has 0 N–H and O–H groups in total. The molecule has 8 nitrogen and oxygen atoms in total. The number of rotatable bonds is 3. The molecule has 132 valence electrons. The van der Waals surface area contributed by atoms with Crippen LogP contribution in [0.3, 0.4) is 0 Å². The number of fused-ring (bicyclic) bond motifs is 3. The lowest BCUT2D eigenvalue weighted by Crippen LogP contribution is -2.44. The number of amides is 1. The second-order valence-electron chi connectivity index (χ2n) is 6.20. The van der Waals surface area contributed by atoms with Gasteiger partial charge in [0.2, 0.25) is 5.91 Å². The smallest absolute Gasteiger partial charge is 0.291 e. The van der Waals surface area contributed by atoms with E-state index in [2.05, 4.69) is 5.10 Å². The average molecular weight is 344 g/mol. The Morgan fingerprint density at radius 2 is 2.00 bits per heavy atom. The fourth-order valence-electron chi connectivity index (χ4n) is 3.29. The Hall–Kier alpha value is -2.61. The predicted molar refractivity (Wildman–Crippen MR) is 90.7 cm³/mol. The molecule has 0 aromatic carbocycles. The summed E-state index contributed by atoms with van der Waals surface area (Å²) in [6.07, 6.45) is 0.635. The van der Waals surface area contributed by atoms with E-state index in [1.165, 1.54) is 4.68 Å². The van der Waals surface area contributed by atoms with E-state index in [0.29, 0.717) is 43.8 Å². The van der Waals surface area contributed by atoms with Gasteiger partial charge >= 0.3 is 0 Å². The lowest BCUT2D eigenvalue weighted by molar-refractivity contribution is -0.136. The number of hydrogen-bond acceptors (Lipinski definition) is 5. The summed E-state index contributed by atoms with van der Waals surface area (Å²) in [7, 11) is 0. The third-order valence-electron chi connectivity index (χ3n) is 4.53. The molecule has 0 atom stereocenters. The third kappa shape index (κ3) is 2.62. The standard InChI is InChI=1S/C17H20N4O4/c1-3-15-18-20(10-16(22)19-4-6-24-7-5-19)17(23)13-9-14-12(21(13)15)8-11(2)25-14/h8-9H,3-7,10H2,1-2H3. The average Bonchev–Trinajstić information content (AvgIpc) is 3.14. The number of ether oxygens (including phenoxy) is 1. The highest BCUT2D eigenvalue weighted by Crippen LogP contribution is 2.23. The van der Waals surface area contributed by atoms with Crippen LogP contribution in [-0.2, 0) is 22.5 Å². The lowest BCUT2D eigenvalue weighted by atomic mass is 10.4. The van der Waals surface area contributed by atoms with E-state index >= 15 is 0 Å². The number of aryl methyl sites for hydroxylation is 2. The summed E-state index contributed by atoms with van der Waals surface area (Å²) >= 11 is 0. The van der Waals surface area contributed by atoms with E-state index in [1.807, 2.05) is 24.3 Å². The zero-order valence-corrected chi connectivity index (χ0v) is 14.3. The van der Waals surface area contributed by atoms with Crippen LogP contribution in [0.5, 0.6) is 0 Å². The van der Waals surface area contributed by atoms with Crippen LogP contribution in [0, 0.1) is 6.92 Å². The number of morpholine rings is 1. The molecule has 8 heteroatoms. The summed E-state index contributed by atoms with van der Waals surface area (Å²) in [4.78, 5) is 27.0. The maximum atomic E-state index is 12.8. The minimum atomic E-state index is -0.289. The van der Waals surface area contributed by atoms with Gasteiger partial charge in [-0.25, -0.2) is 4.68 Å². The summed E-state index contributed by atoms with van der Waals surface area (Å²) in [5.74, 6) is 1.39. The van der Waals surface area contributed by atoms with E-state index < -0.39 is 0 Å². The van der Waals surface area contributed by atoms with Crippen molar-refractivity contribution >= 4 is 22.5 Å². The van der Waals surface area contributed by atoms with Crippen LogP contribution >= 0.6 is 0 Å². The van der Waals surface area contributed by atoms with E-state index in [0.717, 1.165) is 17.1 Å². The van der Waals surface area contributed by atoms with Crippen LogP contribution in [0.15, 0.2) is 21.3 Å². The fourth-order valence-corrected chi connectivity index (χ4v) is 3.29. The minimum Gasteiger partial charge on any atom is -0.460 e. The van der Waals surface area contributed by atoms with Crippen molar-refractivity contribution in [2.24, 2.45) is 0 Å². The van der Waals surface area contributed by atoms with Crippen LogP contribution in [0.25, 0.3) is 16.6 Å². The highest BCUT2D eigenvalue weighted by atomic mass is 16.5. The first-order chi connectivity index (χ1) is 12.1. The van der Waals surface area contributed by atoms with Gasteiger partial charge in [0, 0.05) is 31.6 Å². The maximum absolute atomic E-state index is 12.8. The van der Waals surface area contributed by atoms with Crippen LogP contribution in [-0.4, -0.2) is 51.3 Å². The minimum absolute atomic E-state index is 0.0616. The molecule has 0 saturated carbocycles. The molecule has 1 amide bonds. The Morgan fingerprint density at radius 3 is 2.72 bits per heavy atom. The van der Waals surface area contributed by atoms with Gasteiger partial charge < -0.3 is 14.1 Å². The number of carbonyl (C=O) groups excluding carboxylic acids is 1. The van der Waals surface area contributed by atoms with Gasteiger partial charge in [0.25, 0.3) is 5.56 Å². The maximum Gasteiger partial charge on any atom is 0.291 e. The molecule has 0 radical (unpaired) electrons. The fraction of sp³-hybridized carbons (Fsp3) is 0.471. The van der Waals surface area contributed by atoms with Crippen LogP contribution < -0.4 is 5.56 Å². The second kappa shape index (κ2) is 6.03. The number of nitrogens with zero attached hydrogens (tertiary/aromatic N) is 4. The van der Waals surface area contributed by atoms with E-state index in [-0.39, 0.29) is 18.0 Å². The van der Waals surface area contributed by atoms with Gasteiger partial charge in [-0.2, -0.15) is 5.10 Å². The van der Waals surface area contributed by atoms with Crippen molar-refractivity contribution in [3.8, 4) is 0 Å². The number of hydrogen-bond donors (Lipinski definition) is 0. The van der Waals surface area contributed by atoms with Crippen molar-refractivity contribution < 1.29 is 13.9 Å². The van der Waals surface area contributed by atoms with Crippen molar-refractivity contribution in [2.45, 2.75) is 26.8 Å². The van der Waals surface area contributed by atoms with Crippen molar-refractivity contribution in [3.05, 3.63) is 34.1 Å². The molecule has 1 fully saturated rings. The highest BCUT2D eigenvalue weighted by Gasteiger charge is 2.21. The van der Waals surface area contributed by atoms with Crippen LogP contribution in [0.4, 0.5) is 0 Å². The molecule has 0 unspecified atom stereocenters.